The first-order valence-corrected chi connectivity index (χ1v) is 5.33. The summed E-state index contributed by atoms with van der Waals surface area (Å²) in [7, 11) is 0. The number of nitrogens with one attached hydrogen (secondary N) is 2. The first-order valence-electron chi connectivity index (χ1n) is 5.33. The summed E-state index contributed by atoms with van der Waals surface area (Å²) in [6, 6.07) is 13.1. The number of anilines is 2. The third kappa shape index (κ3) is 3.61. The van der Waals surface area contributed by atoms with Crippen molar-refractivity contribution < 1.29 is 4.79 Å². The molecule has 0 fully saturated rings. The summed E-state index contributed by atoms with van der Waals surface area (Å²) in [5.74, 6) is -0.0833. The molecule has 0 atom stereocenters. The highest BCUT2D eigenvalue weighted by Crippen LogP contribution is 2.05. The van der Waals surface area contributed by atoms with Crippen LogP contribution in [0.5, 0.6) is 0 Å². The van der Waals surface area contributed by atoms with Crippen LogP contribution in [0.1, 0.15) is 0 Å². The summed E-state index contributed by atoms with van der Waals surface area (Å²) < 4.78 is 0. The van der Waals surface area contributed by atoms with E-state index in [-0.39, 0.29) is 12.5 Å². The molecule has 86 valence electrons. The van der Waals surface area contributed by atoms with Crippen molar-refractivity contribution in [3.8, 4) is 0 Å². The van der Waals surface area contributed by atoms with Crippen LogP contribution < -0.4 is 10.6 Å². The molecule has 0 aliphatic rings. The molecule has 4 heteroatoms. The van der Waals surface area contributed by atoms with E-state index in [4.69, 9.17) is 0 Å². The fraction of sp³-hybridized carbons (Fsp3) is 0.0769. The van der Waals surface area contributed by atoms with Crippen LogP contribution in [-0.2, 0) is 4.79 Å². The predicted molar refractivity (Wildman–Crippen MR) is 67.8 cm³/mol. The van der Waals surface area contributed by atoms with Crippen LogP contribution in [0, 0.1) is 0 Å². The third-order valence-corrected chi connectivity index (χ3v) is 2.19. The van der Waals surface area contributed by atoms with Gasteiger partial charge in [-0.15, -0.1) is 0 Å². The first-order chi connectivity index (χ1) is 8.34. The highest BCUT2D eigenvalue weighted by Gasteiger charge is 2.01. The second-order valence-corrected chi connectivity index (χ2v) is 3.50. The molecule has 2 N–H and O–H groups in total. The lowest BCUT2D eigenvalue weighted by atomic mass is 10.3. The summed E-state index contributed by atoms with van der Waals surface area (Å²) in [5.41, 5.74) is 1.68. The van der Waals surface area contributed by atoms with Crippen molar-refractivity contribution in [3.05, 3.63) is 54.9 Å². The highest BCUT2D eigenvalue weighted by atomic mass is 16.1. The number of carbonyl (C=O) groups excluding carboxylic acids is 1. The zero-order chi connectivity index (χ0) is 11.9. The molecule has 17 heavy (non-hydrogen) atoms. The second kappa shape index (κ2) is 5.65. The van der Waals surface area contributed by atoms with Crippen LogP contribution in [0.3, 0.4) is 0 Å². The fourth-order valence-corrected chi connectivity index (χ4v) is 1.38. The van der Waals surface area contributed by atoms with Gasteiger partial charge in [-0.2, -0.15) is 0 Å². The number of benzene rings is 1. The van der Waals surface area contributed by atoms with Crippen molar-refractivity contribution in [2.45, 2.75) is 0 Å². The smallest absolute Gasteiger partial charge is 0.243 e. The molecular weight excluding hydrogens is 214 g/mol. The lowest BCUT2D eigenvalue weighted by Crippen LogP contribution is -2.21. The maximum absolute atomic E-state index is 11.6. The molecule has 1 heterocycles. The number of pyridine rings is 1. The number of hydrogen-bond donors (Lipinski definition) is 2. The first kappa shape index (κ1) is 11.1. The molecule has 2 aromatic rings. The van der Waals surface area contributed by atoms with E-state index in [0.29, 0.717) is 0 Å². The molecule has 1 amide bonds. The maximum Gasteiger partial charge on any atom is 0.243 e. The minimum absolute atomic E-state index is 0.0833. The van der Waals surface area contributed by atoms with Crippen molar-refractivity contribution >= 4 is 17.3 Å². The lowest BCUT2D eigenvalue weighted by Gasteiger charge is -2.07. The van der Waals surface area contributed by atoms with Crippen LogP contribution in [0.15, 0.2) is 54.9 Å². The Morgan fingerprint density at radius 3 is 2.41 bits per heavy atom. The quantitative estimate of drug-likeness (QED) is 0.841. The number of aromatic nitrogens is 1. The summed E-state index contributed by atoms with van der Waals surface area (Å²) in [6.07, 6.45) is 3.28. The molecule has 0 saturated carbocycles. The number of rotatable bonds is 4. The van der Waals surface area contributed by atoms with Crippen molar-refractivity contribution in [1.29, 1.82) is 0 Å². The molecule has 1 aromatic heterocycles. The standard InChI is InChI=1S/C13H13N3O/c17-13(16-12-6-8-14-9-7-12)10-15-11-4-2-1-3-5-11/h1-9,15H,10H2,(H,14,16,17). The zero-order valence-electron chi connectivity index (χ0n) is 9.26. The Labute approximate surface area is 99.7 Å². The Bertz CT molecular complexity index is 471. The van der Waals surface area contributed by atoms with Crippen molar-refractivity contribution in [1.82, 2.24) is 4.98 Å². The third-order valence-electron chi connectivity index (χ3n) is 2.19. The molecule has 0 saturated heterocycles. The Hall–Kier alpha value is -2.36. The van der Waals surface area contributed by atoms with E-state index in [9.17, 15) is 4.79 Å². The summed E-state index contributed by atoms with van der Waals surface area (Å²) in [6.45, 7) is 0.242. The van der Waals surface area contributed by atoms with Gasteiger partial charge in [0.2, 0.25) is 5.91 Å². The van der Waals surface area contributed by atoms with Crippen LogP contribution in [-0.4, -0.2) is 17.4 Å². The van der Waals surface area contributed by atoms with E-state index in [1.165, 1.54) is 0 Å². The fourth-order valence-electron chi connectivity index (χ4n) is 1.38. The van der Waals surface area contributed by atoms with Gasteiger partial charge < -0.3 is 10.6 Å². The van der Waals surface area contributed by atoms with E-state index in [1.54, 1.807) is 24.5 Å². The van der Waals surface area contributed by atoms with Gasteiger partial charge in [-0.05, 0) is 24.3 Å². The Morgan fingerprint density at radius 2 is 1.71 bits per heavy atom. The Balaban J connectivity index is 1.83. The zero-order valence-corrected chi connectivity index (χ0v) is 9.26. The van der Waals surface area contributed by atoms with E-state index < -0.39 is 0 Å². The molecule has 0 aliphatic carbocycles. The molecular formula is C13H13N3O. The average molecular weight is 227 g/mol. The molecule has 0 spiro atoms. The average Bonchev–Trinajstić information content (AvgIpc) is 2.39. The van der Waals surface area contributed by atoms with Crippen molar-refractivity contribution in [2.24, 2.45) is 0 Å². The second-order valence-electron chi connectivity index (χ2n) is 3.50. The van der Waals surface area contributed by atoms with Gasteiger partial charge in [0.05, 0.1) is 6.54 Å². The summed E-state index contributed by atoms with van der Waals surface area (Å²) in [4.78, 5) is 15.5. The van der Waals surface area contributed by atoms with E-state index in [0.717, 1.165) is 11.4 Å². The van der Waals surface area contributed by atoms with E-state index in [2.05, 4.69) is 15.6 Å². The lowest BCUT2D eigenvalue weighted by molar-refractivity contribution is -0.114. The van der Waals surface area contributed by atoms with Gasteiger partial charge in [-0.1, -0.05) is 18.2 Å². The Kier molecular flexibility index (Phi) is 3.70. The van der Waals surface area contributed by atoms with Gasteiger partial charge >= 0.3 is 0 Å². The molecule has 0 aliphatic heterocycles. The maximum atomic E-state index is 11.6. The SMILES string of the molecule is O=C(CNc1ccccc1)Nc1ccncc1. The number of hydrogen-bond acceptors (Lipinski definition) is 3. The molecule has 2 rings (SSSR count). The van der Waals surface area contributed by atoms with Crippen LogP contribution >= 0.6 is 0 Å². The predicted octanol–water partition coefficient (Wildman–Crippen LogP) is 2.13. The van der Waals surface area contributed by atoms with Crippen molar-refractivity contribution in [2.75, 3.05) is 17.2 Å². The summed E-state index contributed by atoms with van der Waals surface area (Å²) in [5, 5.41) is 5.81. The molecule has 4 nitrogen and oxygen atoms in total. The van der Waals surface area contributed by atoms with E-state index >= 15 is 0 Å². The van der Waals surface area contributed by atoms with Crippen molar-refractivity contribution in [3.63, 3.8) is 0 Å². The van der Waals surface area contributed by atoms with Gasteiger partial charge in [0.1, 0.15) is 0 Å². The van der Waals surface area contributed by atoms with Crippen LogP contribution in [0.25, 0.3) is 0 Å². The van der Waals surface area contributed by atoms with Gasteiger partial charge in [0.15, 0.2) is 0 Å². The minimum Gasteiger partial charge on any atom is -0.376 e. The van der Waals surface area contributed by atoms with Crippen LogP contribution in [0.2, 0.25) is 0 Å². The van der Waals surface area contributed by atoms with Crippen LogP contribution in [0.4, 0.5) is 11.4 Å². The number of carbonyl (C=O) groups is 1. The van der Waals surface area contributed by atoms with Gasteiger partial charge in [-0.3, -0.25) is 9.78 Å². The number of nitrogens with zero attached hydrogens (tertiary/aromatic N) is 1. The molecule has 1 aromatic carbocycles. The van der Waals surface area contributed by atoms with E-state index in [1.807, 2.05) is 30.3 Å². The van der Waals surface area contributed by atoms with Gasteiger partial charge in [0.25, 0.3) is 0 Å². The molecule has 0 unspecified atom stereocenters. The normalized spacial score (nSPS) is 9.65. The monoisotopic (exact) mass is 227 g/mol. The molecule has 0 bridgehead atoms. The summed E-state index contributed by atoms with van der Waals surface area (Å²) >= 11 is 0. The van der Waals surface area contributed by atoms with Gasteiger partial charge in [0, 0.05) is 23.8 Å². The molecule has 0 radical (unpaired) electrons. The number of amides is 1. The van der Waals surface area contributed by atoms with Gasteiger partial charge in [-0.25, -0.2) is 0 Å². The topological polar surface area (TPSA) is 54.0 Å². The highest BCUT2D eigenvalue weighted by molar-refractivity contribution is 5.93. The Morgan fingerprint density at radius 1 is 1.00 bits per heavy atom. The minimum atomic E-state index is -0.0833. The largest absolute Gasteiger partial charge is 0.376 e. The number of para-hydroxylation sites is 1.